The molecule has 0 aromatic carbocycles. The third-order valence-electron chi connectivity index (χ3n) is 3.74. The van der Waals surface area contributed by atoms with Crippen LogP contribution in [0.15, 0.2) is 0 Å². The van der Waals surface area contributed by atoms with Crippen LogP contribution in [0.2, 0.25) is 0 Å². The lowest BCUT2D eigenvalue weighted by Crippen LogP contribution is -2.43. The predicted octanol–water partition coefficient (Wildman–Crippen LogP) is -0.0760. The topological polar surface area (TPSA) is 116 Å². The van der Waals surface area contributed by atoms with Crippen molar-refractivity contribution in [1.82, 2.24) is 5.06 Å². The van der Waals surface area contributed by atoms with Gasteiger partial charge in [-0.3, -0.25) is 9.59 Å². The van der Waals surface area contributed by atoms with Crippen molar-refractivity contribution in [3.63, 3.8) is 0 Å². The molecule has 8 heteroatoms. The second kappa shape index (κ2) is 7.24. The van der Waals surface area contributed by atoms with Gasteiger partial charge in [-0.15, -0.1) is 5.06 Å². The number of carbonyl (C=O) groups is 3. The molecule has 0 aromatic heterocycles. The molecule has 2 rings (SSSR count). The normalized spacial score (nSPS) is 29.2. The molecule has 2 amide bonds. The zero-order valence-electron chi connectivity index (χ0n) is 11.8. The van der Waals surface area contributed by atoms with E-state index >= 15 is 0 Å². The van der Waals surface area contributed by atoms with Gasteiger partial charge in [0.05, 0.1) is 0 Å². The molecule has 21 heavy (non-hydrogen) atoms. The minimum atomic E-state index is -0.543. The average molecular weight is 315 g/mol. The minimum Gasteiger partial charge on any atom is -0.330 e. The summed E-state index contributed by atoms with van der Waals surface area (Å²) < 4.78 is 0. The Kier molecular flexibility index (Phi) is 5.60. The van der Waals surface area contributed by atoms with Crippen LogP contribution < -0.4 is 11.5 Å². The summed E-state index contributed by atoms with van der Waals surface area (Å²) in [6.45, 7) is 0. The van der Waals surface area contributed by atoms with Gasteiger partial charge < -0.3 is 16.3 Å². The summed E-state index contributed by atoms with van der Waals surface area (Å²) in [5.41, 5.74) is 11.8. The molecular weight excluding hydrogens is 294 g/mol. The Balaban J connectivity index is 1.61. The Labute approximate surface area is 127 Å². The Hall–Kier alpha value is -1.12. The van der Waals surface area contributed by atoms with Gasteiger partial charge in [0.25, 0.3) is 11.8 Å². The van der Waals surface area contributed by atoms with Crippen LogP contribution in [0.1, 0.15) is 38.5 Å². The van der Waals surface area contributed by atoms with E-state index in [1.165, 1.54) is 0 Å². The summed E-state index contributed by atoms with van der Waals surface area (Å²) in [6.07, 6.45) is 2.82. The van der Waals surface area contributed by atoms with Gasteiger partial charge in [0, 0.05) is 42.3 Å². The van der Waals surface area contributed by atoms with E-state index in [4.69, 9.17) is 16.3 Å². The van der Waals surface area contributed by atoms with Gasteiger partial charge in [-0.2, -0.15) is 11.8 Å². The molecule has 0 saturated carbocycles. The second-order valence-corrected chi connectivity index (χ2v) is 6.68. The van der Waals surface area contributed by atoms with Crippen molar-refractivity contribution < 1.29 is 19.2 Å². The Morgan fingerprint density at radius 2 is 1.90 bits per heavy atom. The summed E-state index contributed by atoms with van der Waals surface area (Å²) >= 11 is 1.78. The molecule has 7 nitrogen and oxygen atoms in total. The van der Waals surface area contributed by atoms with Crippen LogP contribution in [0.3, 0.4) is 0 Å². The lowest BCUT2D eigenvalue weighted by molar-refractivity contribution is -0.197. The molecule has 0 aromatic rings. The van der Waals surface area contributed by atoms with Crippen LogP contribution in [0.5, 0.6) is 0 Å². The molecule has 2 fully saturated rings. The van der Waals surface area contributed by atoms with Gasteiger partial charge in [0.15, 0.2) is 0 Å². The molecule has 3 atom stereocenters. The van der Waals surface area contributed by atoms with Crippen LogP contribution in [0.25, 0.3) is 0 Å². The fourth-order valence-electron chi connectivity index (χ4n) is 2.43. The molecule has 2 heterocycles. The maximum Gasteiger partial charge on any atom is 0.333 e. The number of hydroxylamine groups is 2. The number of hydrogen-bond acceptors (Lipinski definition) is 7. The lowest BCUT2D eigenvalue weighted by atomic mass is 10.0. The van der Waals surface area contributed by atoms with Crippen LogP contribution >= 0.6 is 11.8 Å². The lowest BCUT2D eigenvalue weighted by Gasteiger charge is -2.16. The minimum absolute atomic E-state index is 0.0156. The van der Waals surface area contributed by atoms with Gasteiger partial charge >= 0.3 is 5.97 Å². The maximum absolute atomic E-state index is 11.6. The molecular formula is C13H21N3O4S. The fraction of sp³-hybridized carbons (Fsp3) is 0.769. The maximum atomic E-state index is 11.6. The van der Waals surface area contributed by atoms with Crippen molar-refractivity contribution in [3.8, 4) is 0 Å². The van der Waals surface area contributed by atoms with Gasteiger partial charge in [0.2, 0.25) is 0 Å². The molecule has 2 aliphatic heterocycles. The molecule has 0 bridgehead atoms. The molecule has 0 radical (unpaired) electrons. The first-order valence-electron chi connectivity index (χ1n) is 7.18. The fourth-order valence-corrected chi connectivity index (χ4v) is 3.88. The molecule has 2 saturated heterocycles. The standard InChI is InChI=1S/C13H21N3O4S/c14-8-7-21-9(13(8)15)3-1-2-4-12(19)20-16-10(17)5-6-11(16)18/h8-9,13H,1-7,14-15H2/t8-,9-,13-/m0/s1. The highest BCUT2D eigenvalue weighted by atomic mass is 32.2. The first-order chi connectivity index (χ1) is 9.99. The van der Waals surface area contributed by atoms with E-state index in [1.807, 2.05) is 0 Å². The number of nitrogens with zero attached hydrogens (tertiary/aromatic N) is 1. The number of rotatable bonds is 6. The highest BCUT2D eigenvalue weighted by Crippen LogP contribution is 2.29. The second-order valence-electron chi connectivity index (χ2n) is 5.40. The van der Waals surface area contributed by atoms with Crippen LogP contribution in [-0.4, -0.2) is 45.9 Å². The van der Waals surface area contributed by atoms with Gasteiger partial charge in [-0.25, -0.2) is 4.79 Å². The van der Waals surface area contributed by atoms with Crippen LogP contribution in [0, 0.1) is 0 Å². The van der Waals surface area contributed by atoms with E-state index in [-0.39, 0.29) is 31.3 Å². The Bertz CT molecular complexity index is 416. The Morgan fingerprint density at radius 3 is 2.48 bits per heavy atom. The van der Waals surface area contributed by atoms with E-state index in [9.17, 15) is 14.4 Å². The predicted molar refractivity (Wildman–Crippen MR) is 77.8 cm³/mol. The van der Waals surface area contributed by atoms with Crippen molar-refractivity contribution in [1.29, 1.82) is 0 Å². The Morgan fingerprint density at radius 1 is 1.24 bits per heavy atom. The van der Waals surface area contributed by atoms with E-state index in [1.54, 1.807) is 11.8 Å². The van der Waals surface area contributed by atoms with Crippen molar-refractivity contribution in [2.45, 2.75) is 55.9 Å². The molecule has 118 valence electrons. The number of thioether (sulfide) groups is 1. The third-order valence-corrected chi connectivity index (χ3v) is 5.30. The largest absolute Gasteiger partial charge is 0.333 e. The summed E-state index contributed by atoms with van der Waals surface area (Å²) in [7, 11) is 0. The molecule has 0 aliphatic carbocycles. The SMILES string of the molecule is N[C@@H]1[C@H](CCCCC(=O)ON2C(=O)CCC2=O)SC[C@@H]1N. The van der Waals surface area contributed by atoms with Crippen molar-refractivity contribution >= 4 is 29.5 Å². The van der Waals surface area contributed by atoms with Crippen molar-refractivity contribution in [2.24, 2.45) is 11.5 Å². The van der Waals surface area contributed by atoms with Gasteiger partial charge in [0.1, 0.15) is 0 Å². The smallest absolute Gasteiger partial charge is 0.330 e. The average Bonchev–Trinajstić information content (AvgIpc) is 2.93. The van der Waals surface area contributed by atoms with Crippen LogP contribution in [0.4, 0.5) is 0 Å². The number of unbranched alkanes of at least 4 members (excludes halogenated alkanes) is 1. The van der Waals surface area contributed by atoms with Crippen molar-refractivity contribution in [3.05, 3.63) is 0 Å². The van der Waals surface area contributed by atoms with E-state index in [2.05, 4.69) is 0 Å². The van der Waals surface area contributed by atoms with E-state index in [0.29, 0.717) is 16.7 Å². The summed E-state index contributed by atoms with van der Waals surface area (Å²) in [5.74, 6) is -0.558. The van der Waals surface area contributed by atoms with Crippen molar-refractivity contribution in [2.75, 3.05) is 5.75 Å². The zero-order valence-corrected chi connectivity index (χ0v) is 12.6. The molecule has 0 unspecified atom stereocenters. The quantitative estimate of drug-likeness (QED) is 0.520. The number of nitrogens with two attached hydrogens (primary N) is 2. The molecule has 4 N–H and O–H groups in total. The summed E-state index contributed by atoms with van der Waals surface area (Å²) in [5, 5.41) is 0.933. The third kappa shape index (κ3) is 4.18. The number of amides is 2. The number of imide groups is 1. The molecule has 0 spiro atoms. The van der Waals surface area contributed by atoms with E-state index < -0.39 is 17.8 Å². The summed E-state index contributed by atoms with van der Waals surface area (Å²) in [4.78, 5) is 39.0. The van der Waals surface area contributed by atoms with E-state index in [0.717, 1.165) is 18.6 Å². The highest BCUT2D eigenvalue weighted by Gasteiger charge is 2.33. The molecule has 2 aliphatic rings. The van der Waals surface area contributed by atoms with Gasteiger partial charge in [-0.05, 0) is 12.8 Å². The highest BCUT2D eigenvalue weighted by molar-refractivity contribution is 8.00. The number of carbonyl (C=O) groups excluding carboxylic acids is 3. The first kappa shape index (κ1) is 16.3. The van der Waals surface area contributed by atoms with Crippen LogP contribution in [-0.2, 0) is 19.2 Å². The summed E-state index contributed by atoms with van der Waals surface area (Å²) in [6, 6.07) is 0.0685. The zero-order chi connectivity index (χ0) is 15.4. The monoisotopic (exact) mass is 315 g/mol. The number of hydrogen-bond donors (Lipinski definition) is 2. The van der Waals surface area contributed by atoms with Gasteiger partial charge in [-0.1, -0.05) is 6.42 Å². The first-order valence-corrected chi connectivity index (χ1v) is 8.23.